The van der Waals surface area contributed by atoms with Gasteiger partial charge in [-0.25, -0.2) is 4.98 Å². The van der Waals surface area contributed by atoms with Gasteiger partial charge in [0.15, 0.2) is 0 Å². The molecule has 1 saturated carbocycles. The van der Waals surface area contributed by atoms with Crippen molar-refractivity contribution in [1.82, 2.24) is 9.55 Å². The number of hydrogen-bond acceptors (Lipinski definition) is 2. The molecule has 1 aromatic heterocycles. The summed E-state index contributed by atoms with van der Waals surface area (Å²) in [5.74, 6) is 0.939. The summed E-state index contributed by atoms with van der Waals surface area (Å²) in [5, 5.41) is -0.112. The van der Waals surface area contributed by atoms with Crippen molar-refractivity contribution in [3.8, 4) is 0 Å². The van der Waals surface area contributed by atoms with Gasteiger partial charge in [-0.15, -0.1) is 11.6 Å². The topological polar surface area (TPSA) is 27.1 Å². The summed E-state index contributed by atoms with van der Waals surface area (Å²) in [6.07, 6.45) is 3.67. The Kier molecular flexibility index (Phi) is 4.07. The van der Waals surface area contributed by atoms with Crippen LogP contribution in [0.4, 0.5) is 0 Å². The number of hydrogen-bond donors (Lipinski definition) is 0. The van der Waals surface area contributed by atoms with Crippen LogP contribution in [-0.4, -0.2) is 22.8 Å². The van der Waals surface area contributed by atoms with Gasteiger partial charge in [-0.2, -0.15) is 0 Å². The van der Waals surface area contributed by atoms with Gasteiger partial charge in [0.2, 0.25) is 0 Å². The first-order chi connectivity index (χ1) is 9.61. The highest BCUT2D eigenvalue weighted by atomic mass is 79.9. The fourth-order valence-electron chi connectivity index (χ4n) is 3.20. The van der Waals surface area contributed by atoms with Gasteiger partial charge in [-0.1, -0.05) is 15.9 Å². The van der Waals surface area contributed by atoms with Gasteiger partial charge in [0.1, 0.15) is 5.82 Å². The van der Waals surface area contributed by atoms with Gasteiger partial charge in [0.25, 0.3) is 0 Å². The van der Waals surface area contributed by atoms with Crippen molar-refractivity contribution in [2.45, 2.75) is 43.7 Å². The van der Waals surface area contributed by atoms with Crippen LogP contribution in [0.2, 0.25) is 0 Å². The van der Waals surface area contributed by atoms with E-state index >= 15 is 0 Å². The van der Waals surface area contributed by atoms with E-state index in [0.717, 1.165) is 34.2 Å². The fraction of sp³-hybridized carbons (Fsp3) is 0.533. The van der Waals surface area contributed by atoms with Crippen LogP contribution in [0.25, 0.3) is 11.0 Å². The van der Waals surface area contributed by atoms with Crippen molar-refractivity contribution in [3.05, 3.63) is 28.5 Å². The number of fused-ring (bicyclic) bond motifs is 1. The first kappa shape index (κ1) is 14.4. The second kappa shape index (κ2) is 5.66. The molecule has 1 aliphatic rings. The largest absolute Gasteiger partial charge is 0.379 e. The predicted molar refractivity (Wildman–Crippen MR) is 85.4 cm³/mol. The molecule has 0 saturated heterocycles. The zero-order chi connectivity index (χ0) is 14.3. The molecule has 2 aromatic rings. The highest BCUT2D eigenvalue weighted by Gasteiger charge is 2.32. The number of methoxy groups -OCH3 is 1. The van der Waals surface area contributed by atoms with Crippen LogP contribution in [0.3, 0.4) is 0 Å². The first-order valence-corrected chi connectivity index (χ1v) is 8.19. The van der Waals surface area contributed by atoms with Crippen molar-refractivity contribution in [1.29, 1.82) is 0 Å². The highest BCUT2D eigenvalue weighted by Crippen LogP contribution is 2.38. The smallest absolute Gasteiger partial charge is 0.128 e. The zero-order valence-electron chi connectivity index (χ0n) is 11.6. The minimum absolute atomic E-state index is 0.112. The molecule has 5 heteroatoms. The number of aromatic nitrogens is 2. The Morgan fingerprint density at radius 3 is 2.95 bits per heavy atom. The van der Waals surface area contributed by atoms with Gasteiger partial charge in [0, 0.05) is 11.6 Å². The van der Waals surface area contributed by atoms with E-state index in [9.17, 15) is 0 Å². The summed E-state index contributed by atoms with van der Waals surface area (Å²) >= 11 is 9.86. The molecule has 0 spiro atoms. The van der Waals surface area contributed by atoms with E-state index in [0.29, 0.717) is 6.04 Å². The number of nitrogens with zero attached hydrogens (tertiary/aromatic N) is 2. The van der Waals surface area contributed by atoms with Crippen molar-refractivity contribution < 1.29 is 4.74 Å². The number of rotatable bonds is 3. The Morgan fingerprint density at radius 2 is 2.25 bits per heavy atom. The number of alkyl halides is 1. The van der Waals surface area contributed by atoms with E-state index in [2.05, 4.69) is 32.6 Å². The van der Waals surface area contributed by atoms with Crippen molar-refractivity contribution in [2.24, 2.45) is 0 Å². The lowest BCUT2D eigenvalue weighted by Crippen LogP contribution is -2.22. The van der Waals surface area contributed by atoms with Crippen molar-refractivity contribution in [2.75, 3.05) is 7.11 Å². The predicted octanol–water partition coefficient (Wildman–Crippen LogP) is 4.84. The summed E-state index contributed by atoms with van der Waals surface area (Å²) in [7, 11) is 1.79. The van der Waals surface area contributed by atoms with Crippen LogP contribution in [0.5, 0.6) is 0 Å². The second-order valence-corrected chi connectivity index (χ2v) is 6.93. The van der Waals surface area contributed by atoms with Gasteiger partial charge >= 0.3 is 0 Å². The Balaban J connectivity index is 2.18. The third-order valence-electron chi connectivity index (χ3n) is 4.09. The monoisotopic (exact) mass is 356 g/mol. The quantitative estimate of drug-likeness (QED) is 0.735. The Morgan fingerprint density at radius 1 is 1.45 bits per heavy atom. The SMILES string of the molecule is COC1CCCC1n1c(C(C)Cl)nc2cc(Br)ccc21. The highest BCUT2D eigenvalue weighted by molar-refractivity contribution is 9.10. The number of ether oxygens (including phenoxy) is 1. The molecule has 1 aliphatic carbocycles. The van der Waals surface area contributed by atoms with Gasteiger partial charge in [-0.3, -0.25) is 0 Å². The van der Waals surface area contributed by atoms with Crippen LogP contribution < -0.4 is 0 Å². The minimum Gasteiger partial charge on any atom is -0.379 e. The molecule has 0 radical (unpaired) electrons. The van der Waals surface area contributed by atoms with E-state index in [1.54, 1.807) is 7.11 Å². The van der Waals surface area contributed by atoms with E-state index in [-0.39, 0.29) is 11.5 Å². The van der Waals surface area contributed by atoms with Crippen molar-refractivity contribution >= 4 is 38.6 Å². The molecular weight excluding hydrogens is 340 g/mol. The molecule has 3 nitrogen and oxygen atoms in total. The Hall–Kier alpha value is -0.580. The van der Waals surface area contributed by atoms with Crippen LogP contribution in [0.1, 0.15) is 43.4 Å². The molecule has 1 aromatic carbocycles. The van der Waals surface area contributed by atoms with Gasteiger partial charge in [-0.05, 0) is 44.4 Å². The molecule has 20 heavy (non-hydrogen) atoms. The minimum atomic E-state index is -0.112. The second-order valence-electron chi connectivity index (χ2n) is 5.36. The first-order valence-electron chi connectivity index (χ1n) is 6.96. The summed E-state index contributed by atoms with van der Waals surface area (Å²) in [6, 6.07) is 6.55. The molecular formula is C15H18BrClN2O. The van der Waals surface area contributed by atoms with Crippen LogP contribution in [0.15, 0.2) is 22.7 Å². The molecule has 0 amide bonds. The molecule has 0 bridgehead atoms. The molecule has 3 rings (SSSR count). The van der Waals surface area contributed by atoms with Crippen molar-refractivity contribution in [3.63, 3.8) is 0 Å². The summed E-state index contributed by atoms with van der Waals surface area (Å²) in [4.78, 5) is 4.73. The Labute approximate surface area is 132 Å². The van der Waals surface area contributed by atoms with Crippen LogP contribution in [-0.2, 0) is 4.74 Å². The van der Waals surface area contributed by atoms with Crippen LogP contribution in [0, 0.1) is 0 Å². The molecule has 108 valence electrons. The summed E-state index contributed by atoms with van der Waals surface area (Å²) in [6.45, 7) is 1.98. The standard InChI is InChI=1S/C15H18BrClN2O/c1-9(17)15-18-11-8-10(16)6-7-12(11)19(15)13-4-3-5-14(13)20-2/h6-9,13-14H,3-5H2,1-2H3. The van der Waals surface area contributed by atoms with E-state index in [4.69, 9.17) is 21.3 Å². The molecule has 1 fully saturated rings. The lowest BCUT2D eigenvalue weighted by atomic mass is 10.2. The third-order valence-corrected chi connectivity index (χ3v) is 4.78. The summed E-state index contributed by atoms with van der Waals surface area (Å²) in [5.41, 5.74) is 2.13. The maximum atomic E-state index is 6.35. The van der Waals surface area contributed by atoms with E-state index in [1.807, 2.05) is 13.0 Å². The van der Waals surface area contributed by atoms with Gasteiger partial charge < -0.3 is 9.30 Å². The normalized spacial score (nSPS) is 24.4. The van der Waals surface area contributed by atoms with Crippen LogP contribution >= 0.6 is 27.5 Å². The summed E-state index contributed by atoms with van der Waals surface area (Å²) < 4.78 is 8.99. The molecule has 0 N–H and O–H groups in total. The lowest BCUT2D eigenvalue weighted by Gasteiger charge is -2.23. The number of imidazole rings is 1. The van der Waals surface area contributed by atoms with E-state index in [1.165, 1.54) is 6.42 Å². The Bertz CT molecular complexity index is 626. The average molecular weight is 358 g/mol. The van der Waals surface area contributed by atoms with E-state index < -0.39 is 0 Å². The zero-order valence-corrected chi connectivity index (χ0v) is 14.0. The molecule has 0 aliphatic heterocycles. The maximum absolute atomic E-state index is 6.35. The number of benzene rings is 1. The average Bonchev–Trinajstić information content (AvgIpc) is 3.00. The fourth-order valence-corrected chi connectivity index (χ4v) is 3.70. The molecule has 3 unspecified atom stereocenters. The van der Waals surface area contributed by atoms with Gasteiger partial charge in [0.05, 0.1) is 28.6 Å². The molecule has 3 atom stereocenters. The number of halogens is 2. The maximum Gasteiger partial charge on any atom is 0.128 e. The molecule has 1 heterocycles. The third kappa shape index (κ3) is 2.38. The lowest BCUT2D eigenvalue weighted by molar-refractivity contribution is 0.0753.